The number of rotatable bonds is 4. The van der Waals surface area contributed by atoms with Crippen LogP contribution in [-0.2, 0) is 16.1 Å². The Morgan fingerprint density at radius 1 is 1.19 bits per heavy atom. The normalized spacial score (nSPS) is 11.6. The van der Waals surface area contributed by atoms with E-state index < -0.39 is 17.7 Å². The maximum absolute atomic E-state index is 14.3. The molecule has 0 saturated heterocycles. The third-order valence-corrected chi connectivity index (χ3v) is 4.72. The number of amides is 1. The van der Waals surface area contributed by atoms with E-state index in [9.17, 15) is 14.0 Å². The van der Waals surface area contributed by atoms with Gasteiger partial charge < -0.3 is 14.0 Å². The van der Waals surface area contributed by atoms with Crippen LogP contribution in [0, 0.1) is 5.82 Å². The number of nitrogens with zero attached hydrogens (tertiary/aromatic N) is 2. The molecule has 1 amide bonds. The zero-order chi connectivity index (χ0) is 18.7. The number of esters is 1. The smallest absolute Gasteiger partial charge is 0.325 e. The van der Waals surface area contributed by atoms with Crippen molar-refractivity contribution >= 4 is 33.4 Å². The Kier molecular flexibility index (Phi) is 5.13. The number of ether oxygens (including phenoxy) is 2. The molecule has 0 radical (unpaired) electrons. The summed E-state index contributed by atoms with van der Waals surface area (Å²) in [6.45, 7) is -0.248. The van der Waals surface area contributed by atoms with Crippen LogP contribution in [-0.4, -0.2) is 30.7 Å². The number of halogens is 1. The molecule has 0 atom stereocenters. The van der Waals surface area contributed by atoms with Crippen molar-refractivity contribution in [1.29, 1.82) is 0 Å². The van der Waals surface area contributed by atoms with Crippen molar-refractivity contribution in [2.24, 2.45) is 4.99 Å². The van der Waals surface area contributed by atoms with Crippen LogP contribution in [0.4, 0.5) is 4.39 Å². The molecule has 6 nitrogen and oxygen atoms in total. The number of thiazole rings is 1. The minimum Gasteiger partial charge on any atom is -0.497 e. The summed E-state index contributed by atoms with van der Waals surface area (Å²) in [7, 11) is 2.74. The molecule has 0 spiro atoms. The average Bonchev–Trinajstić information content (AvgIpc) is 2.99. The van der Waals surface area contributed by atoms with Crippen molar-refractivity contribution in [3.63, 3.8) is 0 Å². The molecule has 1 aromatic heterocycles. The quantitative estimate of drug-likeness (QED) is 0.659. The van der Waals surface area contributed by atoms with Crippen LogP contribution in [0.2, 0.25) is 0 Å². The summed E-state index contributed by atoms with van der Waals surface area (Å²) in [6, 6.07) is 11.1. The second kappa shape index (κ2) is 7.49. The lowest BCUT2D eigenvalue weighted by atomic mass is 10.2. The largest absolute Gasteiger partial charge is 0.497 e. The van der Waals surface area contributed by atoms with Gasteiger partial charge >= 0.3 is 5.97 Å². The number of carbonyl (C=O) groups excluding carboxylic acids is 2. The first-order valence-electron chi connectivity index (χ1n) is 7.61. The van der Waals surface area contributed by atoms with Crippen molar-refractivity contribution in [2.75, 3.05) is 14.2 Å². The van der Waals surface area contributed by atoms with Gasteiger partial charge in [-0.2, -0.15) is 4.99 Å². The number of hydrogen-bond acceptors (Lipinski definition) is 5. The fourth-order valence-electron chi connectivity index (χ4n) is 2.42. The molecule has 0 aliphatic carbocycles. The summed E-state index contributed by atoms with van der Waals surface area (Å²) in [4.78, 5) is 28.5. The van der Waals surface area contributed by atoms with Gasteiger partial charge in [0.1, 0.15) is 18.1 Å². The molecule has 8 heteroatoms. The van der Waals surface area contributed by atoms with Crippen LogP contribution in [0.3, 0.4) is 0 Å². The Morgan fingerprint density at radius 3 is 2.69 bits per heavy atom. The first-order chi connectivity index (χ1) is 12.5. The maximum Gasteiger partial charge on any atom is 0.325 e. The van der Waals surface area contributed by atoms with Gasteiger partial charge in [-0.25, -0.2) is 4.39 Å². The minimum atomic E-state index is -0.566. The number of benzene rings is 2. The highest BCUT2D eigenvalue weighted by Crippen LogP contribution is 2.21. The predicted octanol–water partition coefficient (Wildman–Crippen LogP) is 2.76. The molecule has 0 aliphatic rings. The monoisotopic (exact) mass is 374 g/mol. The molecule has 0 unspecified atom stereocenters. The molecule has 0 bridgehead atoms. The third-order valence-electron chi connectivity index (χ3n) is 3.68. The summed E-state index contributed by atoms with van der Waals surface area (Å²) >= 11 is 1.12. The van der Waals surface area contributed by atoms with E-state index in [0.717, 1.165) is 11.3 Å². The van der Waals surface area contributed by atoms with E-state index in [1.807, 2.05) is 0 Å². The highest BCUT2D eigenvalue weighted by Gasteiger charge is 2.15. The van der Waals surface area contributed by atoms with Crippen molar-refractivity contribution in [1.82, 2.24) is 4.57 Å². The Labute approximate surface area is 152 Å². The van der Waals surface area contributed by atoms with E-state index in [2.05, 4.69) is 9.73 Å². The second-order valence-electron chi connectivity index (χ2n) is 5.28. The fraction of sp³-hybridized carbons (Fsp3) is 0.167. The number of methoxy groups -OCH3 is 2. The second-order valence-corrected chi connectivity index (χ2v) is 6.29. The molecule has 0 fully saturated rings. The highest BCUT2D eigenvalue weighted by molar-refractivity contribution is 7.16. The summed E-state index contributed by atoms with van der Waals surface area (Å²) in [5.74, 6) is -1.06. The first-order valence-corrected chi connectivity index (χ1v) is 8.43. The molecule has 3 rings (SSSR count). The topological polar surface area (TPSA) is 69.9 Å². The van der Waals surface area contributed by atoms with Gasteiger partial charge in [-0.05, 0) is 30.3 Å². The van der Waals surface area contributed by atoms with Gasteiger partial charge in [0.05, 0.1) is 24.4 Å². The lowest BCUT2D eigenvalue weighted by molar-refractivity contribution is -0.141. The van der Waals surface area contributed by atoms with E-state index in [1.54, 1.807) is 36.4 Å². The lowest BCUT2D eigenvalue weighted by Gasteiger charge is -2.04. The Bertz CT molecular complexity index is 1050. The molecule has 2 aromatic carbocycles. The number of carbonyl (C=O) groups is 2. The van der Waals surface area contributed by atoms with Gasteiger partial charge in [0.25, 0.3) is 5.91 Å². The summed E-state index contributed by atoms with van der Waals surface area (Å²) < 4.78 is 26.0. The number of aromatic nitrogens is 1. The van der Waals surface area contributed by atoms with Crippen molar-refractivity contribution in [2.45, 2.75) is 6.54 Å². The predicted molar refractivity (Wildman–Crippen MR) is 94.7 cm³/mol. The van der Waals surface area contributed by atoms with E-state index in [0.29, 0.717) is 16.0 Å². The maximum atomic E-state index is 14.3. The molecule has 1 heterocycles. The number of fused-ring (bicyclic) bond motifs is 1. The summed E-state index contributed by atoms with van der Waals surface area (Å²) in [5.41, 5.74) is 0.534. The number of para-hydroxylation sites is 1. The van der Waals surface area contributed by atoms with Gasteiger partial charge in [0, 0.05) is 5.56 Å². The van der Waals surface area contributed by atoms with E-state index in [4.69, 9.17) is 4.74 Å². The molecule has 0 aliphatic heterocycles. The molecule has 3 aromatic rings. The summed E-state index contributed by atoms with van der Waals surface area (Å²) in [5, 5.41) is 0. The Hall–Kier alpha value is -3.00. The molecule has 134 valence electrons. The van der Waals surface area contributed by atoms with Crippen LogP contribution in [0.1, 0.15) is 10.4 Å². The highest BCUT2D eigenvalue weighted by atomic mass is 32.1. The van der Waals surface area contributed by atoms with E-state index in [-0.39, 0.29) is 16.9 Å². The fourth-order valence-corrected chi connectivity index (χ4v) is 3.46. The van der Waals surface area contributed by atoms with E-state index >= 15 is 0 Å². The Balaban J connectivity index is 2.15. The molecular weight excluding hydrogens is 359 g/mol. The zero-order valence-corrected chi connectivity index (χ0v) is 14.9. The van der Waals surface area contributed by atoms with Crippen LogP contribution < -0.4 is 9.54 Å². The van der Waals surface area contributed by atoms with Crippen LogP contribution in [0.25, 0.3) is 10.2 Å². The SMILES string of the molecule is COC(=O)Cn1c(=NC(=O)c2cccc(OC)c2)sc2cccc(F)c21. The lowest BCUT2D eigenvalue weighted by Crippen LogP contribution is -2.22. The summed E-state index contributed by atoms with van der Waals surface area (Å²) in [6.07, 6.45) is 0. The molecular formula is C18H15FN2O4S. The molecule has 26 heavy (non-hydrogen) atoms. The minimum absolute atomic E-state index is 0.208. The van der Waals surface area contributed by atoms with Crippen LogP contribution >= 0.6 is 11.3 Å². The van der Waals surface area contributed by atoms with Gasteiger partial charge in [-0.1, -0.05) is 23.5 Å². The zero-order valence-electron chi connectivity index (χ0n) is 14.1. The molecule has 0 N–H and O–H groups in total. The third kappa shape index (κ3) is 3.50. The standard InChI is InChI=1S/C18H15FN2O4S/c1-24-12-6-3-5-11(9-12)17(23)20-18-21(10-15(22)25-2)16-13(19)7-4-8-14(16)26-18/h3-9H,10H2,1-2H3. The van der Waals surface area contributed by atoms with Gasteiger partial charge in [-0.3, -0.25) is 9.59 Å². The van der Waals surface area contributed by atoms with Crippen LogP contribution in [0.5, 0.6) is 5.75 Å². The molecule has 0 saturated carbocycles. The number of hydrogen-bond donors (Lipinski definition) is 0. The van der Waals surface area contributed by atoms with E-state index in [1.165, 1.54) is 24.9 Å². The first kappa shape index (κ1) is 17.8. The van der Waals surface area contributed by atoms with Gasteiger partial charge in [0.2, 0.25) is 0 Å². The van der Waals surface area contributed by atoms with Crippen LogP contribution in [0.15, 0.2) is 47.5 Å². The average molecular weight is 374 g/mol. The van der Waals surface area contributed by atoms with Crippen molar-refractivity contribution in [3.05, 3.63) is 58.6 Å². The van der Waals surface area contributed by atoms with Gasteiger partial charge in [0.15, 0.2) is 4.80 Å². The van der Waals surface area contributed by atoms with Crippen molar-refractivity contribution < 1.29 is 23.5 Å². The van der Waals surface area contributed by atoms with Crippen molar-refractivity contribution in [3.8, 4) is 5.75 Å². The van der Waals surface area contributed by atoms with Gasteiger partial charge in [-0.15, -0.1) is 0 Å². The Morgan fingerprint density at radius 2 is 1.96 bits per heavy atom.